The van der Waals surface area contributed by atoms with Gasteiger partial charge in [-0.2, -0.15) is 8.42 Å². The first-order chi connectivity index (χ1) is 17.7. The molecule has 0 spiro atoms. The smallest absolute Gasteiger partial charge is 0.295 e. The lowest BCUT2D eigenvalue weighted by Gasteiger charge is -2.27. The minimum atomic E-state index is -3.75. The standard InChI is InChI=1S/C26H28N2O7S2/c1-17-9-11-18(12-10-17)37(33,34)35-15-4-2-3-5-16-36-21-8-6-7-19-23(21)26(32)28(25(19)31)20-13-14-22(29)27-24(20)30/h6-12,20H,2-5,13-16H2,1H3,(H,27,29,30). The third-order valence-corrected chi connectivity index (χ3v) is 8.74. The van der Waals surface area contributed by atoms with Crippen LogP contribution in [-0.2, 0) is 23.9 Å². The van der Waals surface area contributed by atoms with Crippen LogP contribution in [0, 0.1) is 6.92 Å². The van der Waals surface area contributed by atoms with E-state index in [0.29, 0.717) is 22.6 Å². The van der Waals surface area contributed by atoms with E-state index in [4.69, 9.17) is 4.18 Å². The zero-order chi connectivity index (χ0) is 26.6. The second-order valence-electron chi connectivity index (χ2n) is 8.98. The van der Waals surface area contributed by atoms with Gasteiger partial charge in [-0.25, -0.2) is 0 Å². The molecule has 2 aromatic carbocycles. The molecule has 1 N–H and O–H groups in total. The van der Waals surface area contributed by atoms with Gasteiger partial charge < -0.3 is 0 Å². The molecular formula is C26H28N2O7S2. The van der Waals surface area contributed by atoms with Gasteiger partial charge in [0.15, 0.2) is 0 Å². The molecule has 1 saturated heterocycles. The summed E-state index contributed by atoms with van der Waals surface area (Å²) < 4.78 is 29.6. The van der Waals surface area contributed by atoms with Crippen molar-refractivity contribution in [3.05, 3.63) is 59.2 Å². The fourth-order valence-electron chi connectivity index (χ4n) is 4.29. The summed E-state index contributed by atoms with van der Waals surface area (Å²) in [6.45, 7) is 2.00. The van der Waals surface area contributed by atoms with E-state index in [1.807, 2.05) is 6.92 Å². The van der Waals surface area contributed by atoms with Gasteiger partial charge in [-0.15, -0.1) is 11.8 Å². The minimum Gasteiger partial charge on any atom is -0.295 e. The van der Waals surface area contributed by atoms with Gasteiger partial charge in [0.25, 0.3) is 21.9 Å². The van der Waals surface area contributed by atoms with Crippen LogP contribution in [0.3, 0.4) is 0 Å². The zero-order valence-electron chi connectivity index (χ0n) is 20.4. The molecule has 2 heterocycles. The number of fused-ring (bicyclic) bond motifs is 1. The number of piperidine rings is 1. The Hall–Kier alpha value is -3.02. The molecular weight excluding hydrogens is 516 g/mol. The van der Waals surface area contributed by atoms with Crippen LogP contribution in [0.1, 0.15) is 64.8 Å². The van der Waals surface area contributed by atoms with Gasteiger partial charge in [-0.1, -0.05) is 36.6 Å². The highest BCUT2D eigenvalue weighted by Gasteiger charge is 2.45. The normalized spacial score (nSPS) is 17.8. The Balaban J connectivity index is 1.23. The Bertz CT molecular complexity index is 1320. The first-order valence-electron chi connectivity index (χ1n) is 12.1. The highest BCUT2D eigenvalue weighted by atomic mass is 32.2. The molecule has 0 saturated carbocycles. The van der Waals surface area contributed by atoms with Gasteiger partial charge in [0.05, 0.1) is 22.6 Å². The number of thioether (sulfide) groups is 1. The number of nitrogens with one attached hydrogen (secondary N) is 1. The van der Waals surface area contributed by atoms with Crippen LogP contribution in [-0.4, -0.2) is 55.3 Å². The summed E-state index contributed by atoms with van der Waals surface area (Å²) in [5.74, 6) is -1.36. The van der Waals surface area contributed by atoms with E-state index in [-0.39, 0.29) is 29.9 Å². The Morgan fingerprint density at radius 1 is 0.973 bits per heavy atom. The molecule has 37 heavy (non-hydrogen) atoms. The van der Waals surface area contributed by atoms with Crippen molar-refractivity contribution in [2.24, 2.45) is 0 Å². The van der Waals surface area contributed by atoms with Crippen LogP contribution in [0.4, 0.5) is 0 Å². The van der Waals surface area contributed by atoms with E-state index < -0.39 is 39.8 Å². The molecule has 0 bridgehead atoms. The number of hydrogen-bond acceptors (Lipinski definition) is 8. The zero-order valence-corrected chi connectivity index (χ0v) is 22.0. The number of hydrogen-bond donors (Lipinski definition) is 1. The number of nitrogens with zero attached hydrogens (tertiary/aromatic N) is 1. The van der Waals surface area contributed by atoms with Gasteiger partial charge >= 0.3 is 0 Å². The summed E-state index contributed by atoms with van der Waals surface area (Å²) in [5.41, 5.74) is 1.54. The van der Waals surface area contributed by atoms with Crippen molar-refractivity contribution in [2.75, 3.05) is 12.4 Å². The van der Waals surface area contributed by atoms with Crippen LogP contribution in [0.2, 0.25) is 0 Å². The lowest BCUT2D eigenvalue weighted by atomic mass is 10.0. The Kier molecular flexibility index (Phi) is 8.46. The average Bonchev–Trinajstić information content (AvgIpc) is 3.11. The molecule has 4 amide bonds. The van der Waals surface area contributed by atoms with Crippen LogP contribution < -0.4 is 5.32 Å². The Morgan fingerprint density at radius 3 is 2.43 bits per heavy atom. The maximum absolute atomic E-state index is 13.1. The number of amides is 4. The van der Waals surface area contributed by atoms with Crippen molar-refractivity contribution < 1.29 is 31.8 Å². The number of aryl methyl sites for hydroxylation is 1. The Morgan fingerprint density at radius 2 is 1.70 bits per heavy atom. The molecule has 9 nitrogen and oxygen atoms in total. The van der Waals surface area contributed by atoms with Crippen LogP contribution in [0.15, 0.2) is 52.3 Å². The van der Waals surface area contributed by atoms with Crippen LogP contribution >= 0.6 is 11.8 Å². The van der Waals surface area contributed by atoms with E-state index in [9.17, 15) is 27.6 Å². The van der Waals surface area contributed by atoms with Crippen molar-refractivity contribution in [2.45, 2.75) is 61.3 Å². The van der Waals surface area contributed by atoms with Crippen molar-refractivity contribution >= 4 is 45.5 Å². The summed E-state index contributed by atoms with van der Waals surface area (Å²) >= 11 is 1.47. The average molecular weight is 545 g/mol. The van der Waals surface area contributed by atoms with Gasteiger partial charge in [0, 0.05) is 11.3 Å². The molecule has 0 aromatic heterocycles. The number of carbonyl (C=O) groups is 4. The van der Waals surface area contributed by atoms with E-state index in [0.717, 1.165) is 29.7 Å². The maximum atomic E-state index is 13.1. The molecule has 1 atom stereocenters. The second-order valence-corrected chi connectivity index (χ2v) is 11.7. The number of rotatable bonds is 11. The summed E-state index contributed by atoms with van der Waals surface area (Å²) in [5, 5.41) is 2.20. The highest BCUT2D eigenvalue weighted by Crippen LogP contribution is 2.34. The number of carbonyl (C=O) groups excluding carboxylic acids is 4. The lowest BCUT2D eigenvalue weighted by molar-refractivity contribution is -0.136. The molecule has 1 unspecified atom stereocenters. The first kappa shape index (κ1) is 27.0. The fraction of sp³-hybridized carbons (Fsp3) is 0.385. The van der Waals surface area contributed by atoms with Crippen molar-refractivity contribution in [3.8, 4) is 0 Å². The van der Waals surface area contributed by atoms with Gasteiger partial charge in [-0.3, -0.25) is 33.6 Å². The predicted octanol–water partition coefficient (Wildman–Crippen LogP) is 3.45. The fourth-order valence-corrected chi connectivity index (χ4v) is 6.31. The molecule has 11 heteroatoms. The molecule has 196 valence electrons. The molecule has 2 aromatic rings. The van der Waals surface area contributed by atoms with Crippen molar-refractivity contribution in [1.29, 1.82) is 0 Å². The van der Waals surface area contributed by atoms with Gasteiger partial charge in [0.2, 0.25) is 11.8 Å². The van der Waals surface area contributed by atoms with Crippen molar-refractivity contribution in [3.63, 3.8) is 0 Å². The third kappa shape index (κ3) is 6.11. The highest BCUT2D eigenvalue weighted by molar-refractivity contribution is 7.99. The molecule has 1 fully saturated rings. The SMILES string of the molecule is Cc1ccc(S(=O)(=O)OCCCCCCSc2cccc3c2C(=O)N(C2CCC(=O)NC2=O)C3=O)cc1. The van der Waals surface area contributed by atoms with E-state index in [1.54, 1.807) is 30.3 Å². The predicted molar refractivity (Wildman–Crippen MR) is 137 cm³/mol. The van der Waals surface area contributed by atoms with E-state index >= 15 is 0 Å². The molecule has 2 aliphatic heterocycles. The summed E-state index contributed by atoms with van der Waals surface area (Å²) in [4.78, 5) is 51.5. The number of unbranched alkanes of at least 4 members (excludes halogenated alkanes) is 3. The molecule has 4 rings (SSSR count). The first-order valence-corrected chi connectivity index (χ1v) is 14.5. The van der Waals surface area contributed by atoms with Gasteiger partial charge in [-0.05, 0) is 56.2 Å². The largest absolute Gasteiger partial charge is 0.296 e. The topological polar surface area (TPSA) is 127 Å². The minimum absolute atomic E-state index is 0.0777. The van der Waals surface area contributed by atoms with Crippen LogP contribution in [0.5, 0.6) is 0 Å². The lowest BCUT2D eigenvalue weighted by Crippen LogP contribution is -2.54. The van der Waals surface area contributed by atoms with Gasteiger partial charge in [0.1, 0.15) is 6.04 Å². The molecule has 0 aliphatic carbocycles. The number of imide groups is 2. The second kappa shape index (κ2) is 11.6. The summed E-state index contributed by atoms with van der Waals surface area (Å²) in [6.07, 6.45) is 3.27. The molecule has 0 radical (unpaired) electrons. The monoisotopic (exact) mass is 544 g/mol. The maximum Gasteiger partial charge on any atom is 0.296 e. The molecule has 2 aliphatic rings. The number of benzene rings is 2. The van der Waals surface area contributed by atoms with E-state index in [2.05, 4.69) is 5.32 Å². The van der Waals surface area contributed by atoms with Crippen LogP contribution in [0.25, 0.3) is 0 Å². The summed E-state index contributed by atoms with van der Waals surface area (Å²) in [7, 11) is -3.75. The van der Waals surface area contributed by atoms with E-state index in [1.165, 1.54) is 23.9 Å². The Labute approximate surface area is 220 Å². The third-order valence-electron chi connectivity index (χ3n) is 6.27. The summed E-state index contributed by atoms with van der Waals surface area (Å²) in [6, 6.07) is 10.6. The van der Waals surface area contributed by atoms with Crippen molar-refractivity contribution in [1.82, 2.24) is 10.2 Å². The quantitative estimate of drug-likeness (QED) is 0.197.